The van der Waals surface area contributed by atoms with Crippen LogP contribution in [0.3, 0.4) is 0 Å². The predicted octanol–water partition coefficient (Wildman–Crippen LogP) is 1.04. The summed E-state index contributed by atoms with van der Waals surface area (Å²) in [5, 5.41) is 18.8. The predicted molar refractivity (Wildman–Crippen MR) is 106 cm³/mol. The first-order chi connectivity index (χ1) is 13.9. The van der Waals surface area contributed by atoms with Crippen LogP contribution in [0.5, 0.6) is 11.5 Å². The third-order valence-electron chi connectivity index (χ3n) is 7.14. The van der Waals surface area contributed by atoms with Gasteiger partial charge in [0.05, 0.1) is 13.7 Å². The SMILES string of the molecule is C=C[C@H](OC(=O)C(O)CO)[C@@H]1Oc2c(OC)ccc3c2[C@@]12CCN(C)[C@H](C3)[C@@H]2C. The van der Waals surface area contributed by atoms with E-state index in [1.807, 2.05) is 6.07 Å². The van der Waals surface area contributed by atoms with Crippen molar-refractivity contribution in [2.75, 3.05) is 27.3 Å². The molecule has 1 fully saturated rings. The maximum Gasteiger partial charge on any atom is 0.338 e. The van der Waals surface area contributed by atoms with Gasteiger partial charge in [0.1, 0.15) is 6.10 Å². The highest BCUT2D eigenvalue weighted by Crippen LogP contribution is 2.61. The lowest BCUT2D eigenvalue weighted by molar-refractivity contribution is -0.165. The second-order valence-electron chi connectivity index (χ2n) is 8.34. The molecule has 1 aromatic rings. The Morgan fingerprint density at radius 1 is 1.52 bits per heavy atom. The standard InChI is InChI=1S/C22H29NO6/c1-5-16(28-21(26)15(25)11-24)20-22-8-9-23(3)14(12(22)2)10-13-6-7-17(27-4)19(29-20)18(13)22/h5-7,12,14-16,20,24-25H,1,8-11H2,2-4H3/t12-,14+,15?,16-,20-,22-/m0/s1. The number of likely N-dealkylation sites (N-methyl/N-ethyl adjacent to an activating group) is 1. The first-order valence-corrected chi connectivity index (χ1v) is 10.1. The van der Waals surface area contributed by atoms with E-state index in [9.17, 15) is 9.90 Å². The molecule has 1 saturated heterocycles. The normalized spacial score (nSPS) is 32.0. The summed E-state index contributed by atoms with van der Waals surface area (Å²) in [5.74, 6) is 0.764. The summed E-state index contributed by atoms with van der Waals surface area (Å²) in [5.41, 5.74) is 2.05. The van der Waals surface area contributed by atoms with Gasteiger partial charge in [-0.25, -0.2) is 4.79 Å². The van der Waals surface area contributed by atoms with E-state index in [2.05, 4.69) is 31.5 Å². The number of aliphatic hydroxyl groups is 2. The molecule has 2 N–H and O–H groups in total. The lowest BCUT2D eigenvalue weighted by Gasteiger charge is -2.54. The molecule has 1 aromatic carbocycles. The molecule has 2 aliphatic heterocycles. The third-order valence-corrected chi connectivity index (χ3v) is 7.14. The molecule has 2 bridgehead atoms. The molecule has 7 heteroatoms. The lowest BCUT2D eigenvalue weighted by atomic mass is 9.55. The molecule has 158 valence electrons. The molecule has 29 heavy (non-hydrogen) atoms. The van der Waals surface area contributed by atoms with Gasteiger partial charge in [-0.2, -0.15) is 0 Å². The zero-order valence-corrected chi connectivity index (χ0v) is 17.1. The second-order valence-corrected chi connectivity index (χ2v) is 8.34. The summed E-state index contributed by atoms with van der Waals surface area (Å²) in [6.45, 7) is 6.30. The molecule has 4 rings (SSSR count). The van der Waals surface area contributed by atoms with E-state index < -0.39 is 30.9 Å². The molecule has 1 unspecified atom stereocenters. The fourth-order valence-corrected chi connectivity index (χ4v) is 5.61. The Morgan fingerprint density at radius 3 is 2.93 bits per heavy atom. The Labute approximate surface area is 170 Å². The fraction of sp³-hybridized carbons (Fsp3) is 0.591. The number of hydrogen-bond acceptors (Lipinski definition) is 7. The Morgan fingerprint density at radius 2 is 2.28 bits per heavy atom. The van der Waals surface area contributed by atoms with Gasteiger partial charge in [-0.1, -0.05) is 19.6 Å². The summed E-state index contributed by atoms with van der Waals surface area (Å²) < 4.78 is 17.6. The number of esters is 1. The summed E-state index contributed by atoms with van der Waals surface area (Å²) in [6.07, 6.45) is 0.503. The van der Waals surface area contributed by atoms with E-state index in [-0.39, 0.29) is 11.3 Å². The molecular formula is C22H29NO6. The van der Waals surface area contributed by atoms with Gasteiger partial charge in [-0.15, -0.1) is 0 Å². The van der Waals surface area contributed by atoms with Gasteiger partial charge in [0.15, 0.2) is 23.7 Å². The van der Waals surface area contributed by atoms with Gasteiger partial charge in [0.25, 0.3) is 0 Å². The molecule has 6 atom stereocenters. The van der Waals surface area contributed by atoms with Crippen LogP contribution in [0.15, 0.2) is 24.8 Å². The van der Waals surface area contributed by atoms with Crippen molar-refractivity contribution in [2.24, 2.45) is 5.92 Å². The summed E-state index contributed by atoms with van der Waals surface area (Å²) in [7, 11) is 3.77. The van der Waals surface area contributed by atoms with Crippen LogP contribution < -0.4 is 9.47 Å². The number of rotatable bonds is 6. The molecule has 0 aromatic heterocycles. The van der Waals surface area contributed by atoms with Gasteiger partial charge >= 0.3 is 5.97 Å². The van der Waals surface area contributed by atoms with Crippen molar-refractivity contribution in [3.05, 3.63) is 35.9 Å². The van der Waals surface area contributed by atoms with Gasteiger partial charge in [0.2, 0.25) is 0 Å². The minimum Gasteiger partial charge on any atom is -0.493 e. The quantitative estimate of drug-likeness (QED) is 0.542. The first kappa shape index (κ1) is 20.2. The Balaban J connectivity index is 1.81. The van der Waals surface area contributed by atoms with Crippen molar-refractivity contribution in [1.29, 1.82) is 0 Å². The minimum atomic E-state index is -1.59. The molecule has 0 saturated carbocycles. The second kappa shape index (κ2) is 7.31. The smallest absolute Gasteiger partial charge is 0.338 e. The van der Waals surface area contributed by atoms with Gasteiger partial charge in [-0.3, -0.25) is 0 Å². The fourth-order valence-electron chi connectivity index (χ4n) is 5.61. The van der Waals surface area contributed by atoms with Crippen LogP contribution in [0.25, 0.3) is 0 Å². The van der Waals surface area contributed by atoms with Crippen LogP contribution in [-0.2, 0) is 21.4 Å². The van der Waals surface area contributed by atoms with E-state index >= 15 is 0 Å². The van der Waals surface area contributed by atoms with Crippen molar-refractivity contribution >= 4 is 5.97 Å². The highest BCUT2D eigenvalue weighted by molar-refractivity contribution is 5.75. The van der Waals surface area contributed by atoms with E-state index in [0.29, 0.717) is 11.8 Å². The topological polar surface area (TPSA) is 88.5 Å². The zero-order valence-electron chi connectivity index (χ0n) is 17.1. The summed E-state index contributed by atoms with van der Waals surface area (Å²) in [6, 6.07) is 4.40. The van der Waals surface area contributed by atoms with Crippen molar-refractivity contribution in [2.45, 2.75) is 49.5 Å². The van der Waals surface area contributed by atoms with Gasteiger partial charge < -0.3 is 29.3 Å². The number of benzene rings is 1. The number of piperidine rings is 1. The first-order valence-electron chi connectivity index (χ1n) is 10.1. The molecule has 3 aliphatic rings. The highest BCUT2D eigenvalue weighted by atomic mass is 16.6. The van der Waals surface area contributed by atoms with Crippen LogP contribution >= 0.6 is 0 Å². The van der Waals surface area contributed by atoms with Crippen molar-refractivity contribution < 1.29 is 29.2 Å². The average molecular weight is 403 g/mol. The molecule has 7 nitrogen and oxygen atoms in total. The number of hydrogen-bond donors (Lipinski definition) is 2. The molecule has 0 radical (unpaired) electrons. The van der Waals surface area contributed by atoms with E-state index in [1.54, 1.807) is 13.2 Å². The summed E-state index contributed by atoms with van der Waals surface area (Å²) >= 11 is 0. The zero-order chi connectivity index (χ0) is 20.9. The van der Waals surface area contributed by atoms with Crippen LogP contribution in [0.4, 0.5) is 0 Å². The average Bonchev–Trinajstić information content (AvgIpc) is 3.07. The van der Waals surface area contributed by atoms with E-state index in [4.69, 9.17) is 19.3 Å². The van der Waals surface area contributed by atoms with Crippen molar-refractivity contribution in [3.63, 3.8) is 0 Å². The highest BCUT2D eigenvalue weighted by Gasteiger charge is 2.62. The Kier molecular flexibility index (Phi) is 5.09. The summed E-state index contributed by atoms with van der Waals surface area (Å²) in [4.78, 5) is 14.6. The molecule has 2 heterocycles. The maximum absolute atomic E-state index is 12.2. The number of aliphatic hydroxyl groups excluding tert-OH is 2. The Hall–Kier alpha value is -2.09. The monoisotopic (exact) mass is 403 g/mol. The van der Waals surface area contributed by atoms with Crippen LogP contribution in [-0.4, -0.2) is 72.7 Å². The van der Waals surface area contributed by atoms with Gasteiger partial charge in [0, 0.05) is 17.0 Å². The number of likely N-dealkylation sites (tertiary alicyclic amines) is 1. The van der Waals surface area contributed by atoms with E-state index in [0.717, 1.165) is 30.7 Å². The number of methoxy groups -OCH3 is 1. The number of nitrogens with zero attached hydrogens (tertiary/aromatic N) is 1. The largest absolute Gasteiger partial charge is 0.493 e. The van der Waals surface area contributed by atoms with Crippen LogP contribution in [0.1, 0.15) is 24.5 Å². The van der Waals surface area contributed by atoms with Crippen LogP contribution in [0, 0.1) is 5.92 Å². The molecule has 0 amide bonds. The molecular weight excluding hydrogens is 374 g/mol. The third kappa shape index (κ3) is 2.79. The lowest BCUT2D eigenvalue weighted by Crippen LogP contribution is -2.63. The van der Waals surface area contributed by atoms with E-state index in [1.165, 1.54) is 5.56 Å². The number of carbonyl (C=O) groups is 1. The number of fused-ring (bicyclic) bond motifs is 1. The maximum atomic E-state index is 12.2. The van der Waals surface area contributed by atoms with Crippen LogP contribution in [0.2, 0.25) is 0 Å². The number of ether oxygens (including phenoxy) is 3. The number of carbonyl (C=O) groups excluding carboxylic acids is 1. The minimum absolute atomic E-state index is 0.260. The van der Waals surface area contributed by atoms with Gasteiger partial charge in [-0.05, 0) is 50.1 Å². The molecule has 1 aliphatic carbocycles. The van der Waals surface area contributed by atoms with Crippen molar-refractivity contribution in [1.82, 2.24) is 4.90 Å². The molecule has 1 spiro atoms. The van der Waals surface area contributed by atoms with Crippen molar-refractivity contribution in [3.8, 4) is 11.5 Å². The Bertz CT molecular complexity index is 826.